The molecule has 0 saturated carbocycles. The molecule has 2 aromatic carbocycles. The number of aliphatic hydroxyl groups is 1. The maximum atomic E-state index is 10.7. The number of halogens is 1. The summed E-state index contributed by atoms with van der Waals surface area (Å²) in [5, 5.41) is 20.2. The number of aliphatic hydroxyl groups excluding tert-OH is 1. The molecule has 3 rings (SSSR count). The average Bonchev–Trinajstić information content (AvgIpc) is 2.80. The highest BCUT2D eigenvalue weighted by Gasteiger charge is 2.28. The summed E-state index contributed by atoms with van der Waals surface area (Å²) < 4.78 is 16.1. The zero-order valence-electron chi connectivity index (χ0n) is 19.2. The van der Waals surface area contributed by atoms with Gasteiger partial charge in [0.1, 0.15) is 0 Å². The number of carboxylic acid groups (broad SMARTS) is 1. The number of hydrogen-bond acceptors (Lipinski definition) is 6. The van der Waals surface area contributed by atoms with Gasteiger partial charge in [0.15, 0.2) is 11.5 Å². The van der Waals surface area contributed by atoms with Crippen LogP contribution in [0.3, 0.4) is 0 Å². The minimum absolute atomic E-state index is 0. The summed E-state index contributed by atoms with van der Waals surface area (Å²) in [6, 6.07) is 13.3. The second-order valence-electron chi connectivity index (χ2n) is 7.96. The van der Waals surface area contributed by atoms with Crippen LogP contribution in [0.5, 0.6) is 17.2 Å². The molecule has 0 bridgehead atoms. The molecule has 32 heavy (non-hydrogen) atoms. The third-order valence-electron chi connectivity index (χ3n) is 5.69. The lowest BCUT2D eigenvalue weighted by molar-refractivity contribution is -0.914. The Balaban J connectivity index is 0.000000311. The highest BCUT2D eigenvalue weighted by atomic mass is 79.9. The van der Waals surface area contributed by atoms with Crippen LogP contribution in [0, 0.1) is 0 Å². The Kier molecular flexibility index (Phi) is 11.5. The van der Waals surface area contributed by atoms with Crippen molar-refractivity contribution in [3.63, 3.8) is 0 Å². The summed E-state index contributed by atoms with van der Waals surface area (Å²) in [7, 11) is 6.58. The van der Waals surface area contributed by atoms with Gasteiger partial charge in [-0.25, -0.2) is 0 Å². The van der Waals surface area contributed by atoms with E-state index in [4.69, 9.17) is 14.2 Å². The van der Waals surface area contributed by atoms with Crippen molar-refractivity contribution in [3.05, 3.63) is 53.6 Å². The van der Waals surface area contributed by atoms with Crippen molar-refractivity contribution < 1.29 is 33.7 Å². The fourth-order valence-corrected chi connectivity index (χ4v) is 3.64. The predicted octanol–water partition coefficient (Wildman–Crippen LogP) is 2.48. The highest BCUT2D eigenvalue weighted by Crippen LogP contribution is 2.37. The quantitative estimate of drug-likeness (QED) is 0.574. The molecule has 1 saturated heterocycles. The zero-order valence-corrected chi connectivity index (χ0v) is 20.9. The number of carbonyl (C=O) groups excluding carboxylic acids is 1. The molecular formula is C24H34BrNO6. The topological polar surface area (TPSA) is 88.1 Å². The molecule has 1 heterocycles. The molecule has 178 valence electrons. The molecule has 1 N–H and O–H groups in total. The van der Waals surface area contributed by atoms with Crippen LogP contribution in [0.4, 0.5) is 0 Å². The van der Waals surface area contributed by atoms with Crippen molar-refractivity contribution in [1.29, 1.82) is 0 Å². The number of quaternary nitrogens is 1. The third-order valence-corrected chi connectivity index (χ3v) is 5.69. The second kappa shape index (κ2) is 13.3. The van der Waals surface area contributed by atoms with Gasteiger partial charge in [-0.15, -0.1) is 17.0 Å². The maximum absolute atomic E-state index is 10.7. The van der Waals surface area contributed by atoms with Crippen LogP contribution in [0.1, 0.15) is 28.8 Å². The van der Waals surface area contributed by atoms with Crippen LogP contribution < -0.4 is 19.3 Å². The first-order valence-corrected chi connectivity index (χ1v) is 10.4. The molecule has 0 spiro atoms. The van der Waals surface area contributed by atoms with Crippen molar-refractivity contribution in [3.8, 4) is 17.2 Å². The van der Waals surface area contributed by atoms with E-state index >= 15 is 0 Å². The van der Waals surface area contributed by atoms with Gasteiger partial charge in [0, 0.05) is 24.8 Å². The van der Waals surface area contributed by atoms with E-state index in [1.807, 2.05) is 0 Å². The number of ether oxygens (including phenoxy) is 3. The lowest BCUT2D eigenvalue weighted by atomic mass is 10.0. The standard InChI is InChI=1S/C14H22NO.C10H12O5.BrH/c1-15(11-8-14(16)9-12-15)10-7-13-5-3-2-4-6-13;1-13-7-4-6(10(11)12)5-8(14-2)9(7)15-3;/h2-6,14,16H,7-12H2,1H3;4-5H,1-3H3,(H,11,12);1H/q+1;;/p-1. The van der Waals surface area contributed by atoms with Gasteiger partial charge in [-0.3, -0.25) is 0 Å². The molecule has 1 fully saturated rings. The van der Waals surface area contributed by atoms with E-state index in [0.29, 0.717) is 5.75 Å². The normalized spacial score (nSPS) is 19.6. The van der Waals surface area contributed by atoms with Crippen LogP contribution in [0.2, 0.25) is 0 Å². The number of aromatic carboxylic acids is 1. The maximum Gasteiger partial charge on any atom is 0.203 e. The fraction of sp³-hybridized carbons (Fsp3) is 0.458. The first-order valence-electron chi connectivity index (χ1n) is 10.4. The van der Waals surface area contributed by atoms with Gasteiger partial charge in [-0.1, -0.05) is 30.3 Å². The summed E-state index contributed by atoms with van der Waals surface area (Å²) in [6.07, 6.45) is 3.02. The first-order chi connectivity index (χ1) is 14.8. The predicted molar refractivity (Wildman–Crippen MR) is 127 cm³/mol. The lowest BCUT2D eigenvalue weighted by Crippen LogP contribution is -2.51. The van der Waals surface area contributed by atoms with Gasteiger partial charge in [-0.05, 0) is 17.7 Å². The van der Waals surface area contributed by atoms with Crippen LogP contribution in [-0.2, 0) is 6.42 Å². The van der Waals surface area contributed by atoms with E-state index < -0.39 is 5.97 Å². The highest BCUT2D eigenvalue weighted by molar-refractivity contribution is 8.93. The van der Waals surface area contributed by atoms with Gasteiger partial charge < -0.3 is 33.7 Å². The van der Waals surface area contributed by atoms with Crippen molar-refractivity contribution in [1.82, 2.24) is 0 Å². The van der Waals surface area contributed by atoms with Crippen LogP contribution in [-0.4, -0.2) is 69.7 Å². The van der Waals surface area contributed by atoms with E-state index in [1.54, 1.807) is 0 Å². The Bertz CT molecular complexity index is 813. The Morgan fingerprint density at radius 1 is 1.03 bits per heavy atom. The number of hydrogen-bond donors (Lipinski definition) is 1. The Hall–Kier alpha value is -2.29. The number of likely N-dealkylation sites (tertiary alicyclic amines) is 1. The van der Waals surface area contributed by atoms with E-state index in [2.05, 4.69) is 37.4 Å². The summed E-state index contributed by atoms with van der Waals surface area (Å²) in [5.74, 6) is -0.369. The summed E-state index contributed by atoms with van der Waals surface area (Å²) in [5.41, 5.74) is 1.40. The van der Waals surface area contributed by atoms with Crippen LogP contribution >= 0.6 is 17.0 Å². The second-order valence-corrected chi connectivity index (χ2v) is 7.96. The van der Waals surface area contributed by atoms with E-state index in [9.17, 15) is 15.0 Å². The number of rotatable bonds is 7. The molecule has 0 unspecified atom stereocenters. The Labute approximate surface area is 200 Å². The summed E-state index contributed by atoms with van der Waals surface area (Å²) in [6.45, 7) is 3.43. The fourth-order valence-electron chi connectivity index (χ4n) is 3.64. The molecule has 0 aromatic heterocycles. The van der Waals surface area contributed by atoms with Crippen LogP contribution in [0.25, 0.3) is 0 Å². The van der Waals surface area contributed by atoms with Crippen molar-refractivity contribution in [2.24, 2.45) is 0 Å². The summed E-state index contributed by atoms with van der Waals surface area (Å²) >= 11 is 0. The van der Waals surface area contributed by atoms with Crippen LogP contribution in [0.15, 0.2) is 42.5 Å². The first kappa shape index (κ1) is 27.7. The van der Waals surface area contributed by atoms with Crippen molar-refractivity contribution in [2.75, 3.05) is 48.0 Å². The zero-order chi connectivity index (χ0) is 22.9. The largest absolute Gasteiger partial charge is 0.545 e. The van der Waals surface area contributed by atoms with E-state index in [1.165, 1.54) is 45.6 Å². The number of methoxy groups -OCH3 is 3. The van der Waals surface area contributed by atoms with Gasteiger partial charge in [0.05, 0.1) is 60.1 Å². The van der Waals surface area contributed by atoms with Gasteiger partial charge in [0.25, 0.3) is 0 Å². The molecule has 0 atom stereocenters. The Morgan fingerprint density at radius 2 is 1.56 bits per heavy atom. The average molecular weight is 512 g/mol. The minimum Gasteiger partial charge on any atom is -0.545 e. The van der Waals surface area contributed by atoms with Gasteiger partial charge in [0.2, 0.25) is 5.75 Å². The van der Waals surface area contributed by atoms with E-state index in [0.717, 1.165) is 36.8 Å². The molecule has 2 aromatic rings. The van der Waals surface area contributed by atoms with Gasteiger partial charge in [-0.2, -0.15) is 0 Å². The molecule has 1 aliphatic rings. The lowest BCUT2D eigenvalue weighted by Gasteiger charge is -2.39. The number of benzene rings is 2. The van der Waals surface area contributed by atoms with Crippen molar-refractivity contribution in [2.45, 2.75) is 25.4 Å². The Morgan fingerprint density at radius 3 is 2.00 bits per heavy atom. The molecule has 8 heteroatoms. The molecule has 0 radical (unpaired) electrons. The number of nitrogens with zero attached hydrogens (tertiary/aromatic N) is 1. The third kappa shape index (κ3) is 8.00. The molecule has 1 aliphatic heterocycles. The molecule has 0 aliphatic carbocycles. The summed E-state index contributed by atoms with van der Waals surface area (Å²) in [4.78, 5) is 10.7. The van der Waals surface area contributed by atoms with Crippen molar-refractivity contribution >= 4 is 23.0 Å². The SMILES string of the molecule is Br.COc1cc(C(=O)[O-])cc(OC)c1OC.C[N+]1(CCc2ccccc2)CCC(O)CC1. The number of carboxylic acids is 1. The number of likely N-dealkylation sites (N-methyl/N-ethyl adjacent to an activating group) is 1. The van der Waals surface area contributed by atoms with Gasteiger partial charge >= 0.3 is 0 Å². The number of piperidine rings is 1. The molecule has 7 nitrogen and oxygen atoms in total. The smallest absolute Gasteiger partial charge is 0.203 e. The number of carbonyl (C=O) groups is 1. The minimum atomic E-state index is -1.30. The molecular weight excluding hydrogens is 478 g/mol. The molecule has 0 amide bonds. The monoisotopic (exact) mass is 511 g/mol. The van der Waals surface area contributed by atoms with E-state index in [-0.39, 0.29) is 40.1 Å².